The van der Waals surface area contributed by atoms with Crippen LogP contribution in [-0.4, -0.2) is 19.6 Å². The molecule has 7 nitrogen and oxygen atoms in total. The van der Waals surface area contributed by atoms with Crippen LogP contribution in [-0.2, 0) is 22.0 Å². The molecule has 1 atom stereocenters. The quantitative estimate of drug-likeness (QED) is 0.560. The summed E-state index contributed by atoms with van der Waals surface area (Å²) in [5.74, 6) is 0.748. The number of carbonyl (C=O) groups is 1. The molecule has 1 unspecified atom stereocenters. The van der Waals surface area contributed by atoms with Gasteiger partial charge in [0.05, 0.1) is 5.60 Å². The van der Waals surface area contributed by atoms with Crippen LogP contribution in [0.25, 0.3) is 0 Å². The fourth-order valence-corrected chi connectivity index (χ4v) is 4.95. The molecule has 0 bridgehead atoms. The normalized spacial score (nSPS) is 19.2. The number of nitrogens with one attached hydrogen (secondary N) is 2. The number of fused-ring (bicyclic) bond motifs is 1. The molecule has 170 valence electrons. The van der Waals surface area contributed by atoms with Gasteiger partial charge in [0, 0.05) is 23.7 Å². The van der Waals surface area contributed by atoms with Crippen LogP contribution in [0.2, 0.25) is 0 Å². The number of hydrogen-bond acceptors (Lipinski definition) is 5. The first-order chi connectivity index (χ1) is 14.4. The van der Waals surface area contributed by atoms with E-state index in [0.29, 0.717) is 29.9 Å². The Kier molecular flexibility index (Phi) is 6.53. The second kappa shape index (κ2) is 8.67. The van der Waals surface area contributed by atoms with Crippen molar-refractivity contribution in [1.82, 2.24) is 4.72 Å². The average molecular weight is 449 g/mol. The van der Waals surface area contributed by atoms with Gasteiger partial charge in [0.2, 0.25) is 5.09 Å². The van der Waals surface area contributed by atoms with E-state index in [9.17, 15) is 18.3 Å². The largest absolute Gasteiger partial charge is 0.447 e. The van der Waals surface area contributed by atoms with Crippen LogP contribution in [0, 0.1) is 0 Å². The Balaban J connectivity index is 1.87. The van der Waals surface area contributed by atoms with E-state index in [1.807, 2.05) is 45.9 Å². The molecule has 31 heavy (non-hydrogen) atoms. The lowest BCUT2D eigenvalue weighted by atomic mass is 9.93. The van der Waals surface area contributed by atoms with Gasteiger partial charge in [0.25, 0.3) is 10.0 Å². The van der Waals surface area contributed by atoms with E-state index in [1.54, 1.807) is 6.92 Å². The molecule has 1 aromatic heterocycles. The Morgan fingerprint density at radius 1 is 1.13 bits per heavy atom. The third kappa shape index (κ3) is 4.96. The van der Waals surface area contributed by atoms with Crippen molar-refractivity contribution < 1.29 is 22.7 Å². The Bertz CT molecular complexity index is 1040. The lowest BCUT2D eigenvalue weighted by molar-refractivity contribution is 0.0468. The number of urea groups is 1. The number of benzene rings is 1. The average Bonchev–Trinajstić information content (AvgIpc) is 3.05. The van der Waals surface area contributed by atoms with Crippen molar-refractivity contribution in [3.8, 4) is 0 Å². The van der Waals surface area contributed by atoms with Crippen LogP contribution < -0.4 is 10.0 Å². The van der Waals surface area contributed by atoms with Gasteiger partial charge in [-0.15, -0.1) is 0 Å². The minimum Gasteiger partial charge on any atom is -0.447 e. The topological polar surface area (TPSA) is 109 Å². The highest BCUT2D eigenvalue weighted by molar-refractivity contribution is 7.89. The maximum Gasteiger partial charge on any atom is 0.333 e. The molecular weight excluding hydrogens is 416 g/mol. The standard InChI is InChI=1S/C23H32N2O5S/c1-14(2)16-9-8-10-17(15(3)4)21(16)24-22(26)25-31(28,29)20-13-18-19(30-20)11-6-7-12-23(18,5)27/h8-10,13-15,27H,6-7,11-12H2,1-5H3,(H2,24,25,26). The molecule has 0 aliphatic heterocycles. The van der Waals surface area contributed by atoms with Crippen LogP contribution in [0.3, 0.4) is 0 Å². The van der Waals surface area contributed by atoms with Gasteiger partial charge in [0.1, 0.15) is 5.76 Å². The van der Waals surface area contributed by atoms with Crippen molar-refractivity contribution in [2.45, 2.75) is 82.8 Å². The number of aliphatic hydroxyl groups is 1. The summed E-state index contributed by atoms with van der Waals surface area (Å²) in [6.07, 6.45) is 2.70. The summed E-state index contributed by atoms with van der Waals surface area (Å²) in [7, 11) is -4.24. The van der Waals surface area contributed by atoms with E-state index in [2.05, 4.69) is 10.0 Å². The molecule has 2 aromatic rings. The Hall–Kier alpha value is -2.32. The van der Waals surface area contributed by atoms with E-state index >= 15 is 0 Å². The van der Waals surface area contributed by atoms with E-state index in [4.69, 9.17) is 4.42 Å². The van der Waals surface area contributed by atoms with Crippen molar-refractivity contribution in [1.29, 1.82) is 0 Å². The first kappa shape index (κ1) is 23.3. The highest BCUT2D eigenvalue weighted by Gasteiger charge is 2.34. The number of sulfonamides is 1. The molecule has 1 aromatic carbocycles. The van der Waals surface area contributed by atoms with E-state index in [0.717, 1.165) is 24.0 Å². The van der Waals surface area contributed by atoms with Crippen LogP contribution in [0.5, 0.6) is 0 Å². The summed E-state index contributed by atoms with van der Waals surface area (Å²) in [4.78, 5) is 12.7. The van der Waals surface area contributed by atoms with Crippen LogP contribution in [0.4, 0.5) is 10.5 Å². The molecule has 8 heteroatoms. The van der Waals surface area contributed by atoms with Gasteiger partial charge in [-0.05, 0) is 49.1 Å². The van der Waals surface area contributed by atoms with Gasteiger partial charge >= 0.3 is 6.03 Å². The smallest absolute Gasteiger partial charge is 0.333 e. The third-order valence-corrected chi connectivity index (χ3v) is 6.97. The van der Waals surface area contributed by atoms with Gasteiger partial charge in [0.15, 0.2) is 0 Å². The SMILES string of the molecule is CC(C)c1cccc(C(C)C)c1NC(=O)NS(=O)(=O)c1cc2c(o1)CCCCC2(C)O. The van der Waals surface area contributed by atoms with Crippen molar-refractivity contribution in [2.75, 3.05) is 5.32 Å². The number of amides is 2. The van der Waals surface area contributed by atoms with Crippen molar-refractivity contribution in [3.63, 3.8) is 0 Å². The van der Waals surface area contributed by atoms with Crippen molar-refractivity contribution in [3.05, 3.63) is 46.7 Å². The summed E-state index contributed by atoms with van der Waals surface area (Å²) in [5.41, 5.74) is 1.80. The predicted octanol–water partition coefficient (Wildman–Crippen LogP) is 4.97. The Morgan fingerprint density at radius 2 is 1.74 bits per heavy atom. The molecule has 0 saturated heterocycles. The second-order valence-corrected chi connectivity index (χ2v) is 10.7. The summed E-state index contributed by atoms with van der Waals surface area (Å²) in [6.45, 7) is 9.71. The number of aryl methyl sites for hydroxylation is 1. The number of anilines is 1. The van der Waals surface area contributed by atoms with Gasteiger partial charge in [-0.3, -0.25) is 0 Å². The molecule has 1 aliphatic carbocycles. The molecule has 0 saturated carbocycles. The number of carbonyl (C=O) groups excluding carboxylic acids is 1. The molecule has 2 amide bonds. The molecule has 0 radical (unpaired) electrons. The van der Waals surface area contributed by atoms with Crippen molar-refractivity contribution in [2.24, 2.45) is 0 Å². The number of para-hydroxylation sites is 1. The molecule has 0 fully saturated rings. The first-order valence-electron chi connectivity index (χ1n) is 10.7. The molecule has 3 N–H and O–H groups in total. The van der Waals surface area contributed by atoms with E-state index in [-0.39, 0.29) is 16.9 Å². The molecule has 0 spiro atoms. The number of hydrogen-bond donors (Lipinski definition) is 3. The zero-order valence-corrected chi connectivity index (χ0v) is 19.6. The molecular formula is C23H32N2O5S. The summed E-state index contributed by atoms with van der Waals surface area (Å²) >= 11 is 0. The fourth-order valence-electron chi connectivity index (χ4n) is 4.07. The zero-order chi connectivity index (χ0) is 23.0. The minimum atomic E-state index is -4.24. The Morgan fingerprint density at radius 3 is 2.32 bits per heavy atom. The van der Waals surface area contributed by atoms with Gasteiger partial charge in [-0.2, -0.15) is 8.42 Å². The van der Waals surface area contributed by atoms with Crippen LogP contribution in [0.15, 0.2) is 33.8 Å². The van der Waals surface area contributed by atoms with E-state index < -0.39 is 21.7 Å². The molecule has 1 aliphatic rings. The summed E-state index contributed by atoms with van der Waals surface area (Å²) < 4.78 is 33.3. The third-order valence-electron chi connectivity index (χ3n) is 5.79. The first-order valence-corrected chi connectivity index (χ1v) is 12.2. The fraction of sp³-hybridized carbons (Fsp3) is 0.522. The molecule has 1 heterocycles. The summed E-state index contributed by atoms with van der Waals surface area (Å²) in [6, 6.07) is 6.26. The van der Waals surface area contributed by atoms with Crippen LogP contribution in [0.1, 0.15) is 88.2 Å². The summed E-state index contributed by atoms with van der Waals surface area (Å²) in [5, 5.41) is 13.0. The van der Waals surface area contributed by atoms with Crippen molar-refractivity contribution >= 4 is 21.7 Å². The number of furan rings is 1. The van der Waals surface area contributed by atoms with Crippen LogP contribution >= 0.6 is 0 Å². The second-order valence-electron chi connectivity index (χ2n) is 9.06. The number of rotatable bonds is 5. The highest BCUT2D eigenvalue weighted by atomic mass is 32.2. The van der Waals surface area contributed by atoms with Gasteiger partial charge < -0.3 is 14.8 Å². The maximum absolute atomic E-state index is 12.8. The molecule has 3 rings (SSSR count). The maximum atomic E-state index is 12.8. The lowest BCUT2D eigenvalue weighted by Crippen LogP contribution is -2.35. The predicted molar refractivity (Wildman–Crippen MR) is 120 cm³/mol. The monoisotopic (exact) mass is 448 g/mol. The van der Waals surface area contributed by atoms with Gasteiger partial charge in [-0.1, -0.05) is 45.9 Å². The Labute approximate surface area is 184 Å². The lowest BCUT2D eigenvalue weighted by Gasteiger charge is -2.20. The zero-order valence-electron chi connectivity index (χ0n) is 18.8. The highest BCUT2D eigenvalue weighted by Crippen LogP contribution is 2.37. The minimum absolute atomic E-state index is 0.147. The van der Waals surface area contributed by atoms with Gasteiger partial charge in [-0.25, -0.2) is 9.52 Å². The van der Waals surface area contributed by atoms with E-state index in [1.165, 1.54) is 6.07 Å².